The van der Waals surface area contributed by atoms with Crippen molar-refractivity contribution >= 4 is 23.4 Å². The number of rotatable bonds is 3. The Morgan fingerprint density at radius 1 is 1.33 bits per heavy atom. The van der Waals surface area contributed by atoms with Crippen molar-refractivity contribution < 1.29 is 4.39 Å². The number of hydrogen-bond acceptors (Lipinski definition) is 3. The van der Waals surface area contributed by atoms with Crippen LogP contribution in [0.2, 0.25) is 5.02 Å². The van der Waals surface area contributed by atoms with Crippen LogP contribution in [-0.2, 0) is 0 Å². The van der Waals surface area contributed by atoms with Crippen molar-refractivity contribution in [3.05, 3.63) is 52.9 Å². The molecule has 0 aliphatic carbocycles. The molecule has 0 bridgehead atoms. The summed E-state index contributed by atoms with van der Waals surface area (Å²) in [6.07, 6.45) is 1.54. The average Bonchev–Trinajstić information content (AvgIpc) is 2.34. The molecule has 2 aromatic rings. The molecule has 1 atom stereocenters. The van der Waals surface area contributed by atoms with Gasteiger partial charge in [0.05, 0.1) is 9.92 Å². The van der Waals surface area contributed by atoms with E-state index < -0.39 is 0 Å². The first-order valence-corrected chi connectivity index (χ1v) is 6.61. The third-order valence-electron chi connectivity index (χ3n) is 2.39. The number of nitrogens with two attached hydrogens (primary N) is 1. The van der Waals surface area contributed by atoms with Crippen molar-refractivity contribution in [2.45, 2.75) is 22.9 Å². The van der Waals surface area contributed by atoms with Gasteiger partial charge in [-0.15, -0.1) is 0 Å². The van der Waals surface area contributed by atoms with Gasteiger partial charge in [-0.3, -0.25) is 0 Å². The van der Waals surface area contributed by atoms with Gasteiger partial charge >= 0.3 is 0 Å². The van der Waals surface area contributed by atoms with E-state index in [2.05, 4.69) is 4.98 Å². The summed E-state index contributed by atoms with van der Waals surface area (Å²) in [6, 6.07) is 8.16. The molecule has 94 valence electrons. The molecule has 0 radical (unpaired) electrons. The molecular weight excluding hydrogens is 271 g/mol. The topological polar surface area (TPSA) is 38.9 Å². The molecule has 0 unspecified atom stereocenters. The van der Waals surface area contributed by atoms with Crippen molar-refractivity contribution in [3.8, 4) is 0 Å². The Morgan fingerprint density at radius 2 is 2.11 bits per heavy atom. The Balaban J connectivity index is 2.36. The van der Waals surface area contributed by atoms with E-state index in [-0.39, 0.29) is 11.9 Å². The zero-order valence-corrected chi connectivity index (χ0v) is 11.3. The van der Waals surface area contributed by atoms with Crippen LogP contribution in [0.1, 0.15) is 18.5 Å². The zero-order chi connectivity index (χ0) is 13.1. The number of benzene rings is 1. The van der Waals surface area contributed by atoms with Crippen LogP contribution in [-0.4, -0.2) is 4.98 Å². The fourth-order valence-corrected chi connectivity index (χ4v) is 2.62. The minimum absolute atomic E-state index is 0.226. The van der Waals surface area contributed by atoms with Gasteiger partial charge in [0.15, 0.2) is 0 Å². The number of aromatic nitrogens is 1. The van der Waals surface area contributed by atoms with Gasteiger partial charge < -0.3 is 5.73 Å². The Morgan fingerprint density at radius 3 is 2.72 bits per heavy atom. The van der Waals surface area contributed by atoms with Crippen LogP contribution >= 0.6 is 23.4 Å². The smallest absolute Gasteiger partial charge is 0.137 e. The lowest BCUT2D eigenvalue weighted by Gasteiger charge is -2.12. The summed E-state index contributed by atoms with van der Waals surface area (Å²) in [7, 11) is 0. The van der Waals surface area contributed by atoms with Gasteiger partial charge in [0.25, 0.3) is 0 Å². The molecule has 0 amide bonds. The van der Waals surface area contributed by atoms with Gasteiger partial charge in [0, 0.05) is 12.2 Å². The van der Waals surface area contributed by atoms with E-state index in [1.165, 1.54) is 24.0 Å². The van der Waals surface area contributed by atoms with Crippen molar-refractivity contribution in [2.75, 3.05) is 0 Å². The molecule has 0 spiro atoms. The molecule has 2 N–H and O–H groups in total. The minimum atomic E-state index is -0.286. The van der Waals surface area contributed by atoms with E-state index in [0.29, 0.717) is 14.9 Å². The normalized spacial score (nSPS) is 12.4. The van der Waals surface area contributed by atoms with Crippen molar-refractivity contribution in [1.29, 1.82) is 0 Å². The molecule has 1 aromatic heterocycles. The standard InChI is InChI=1S/C13H12ClFN2S/c1-8(16)10-3-2-4-11(15)13(10)18-12-6-5-9(14)7-17-12/h2-8H,16H2,1H3/t8-/m0/s1. The average molecular weight is 283 g/mol. The lowest BCUT2D eigenvalue weighted by atomic mass is 10.1. The number of halogens is 2. The van der Waals surface area contributed by atoms with E-state index in [1.807, 2.05) is 13.0 Å². The summed E-state index contributed by atoms with van der Waals surface area (Å²) in [6.45, 7) is 1.83. The van der Waals surface area contributed by atoms with Crippen LogP contribution < -0.4 is 5.73 Å². The van der Waals surface area contributed by atoms with Gasteiger partial charge in [0.1, 0.15) is 10.8 Å². The molecule has 1 heterocycles. The van der Waals surface area contributed by atoms with Gasteiger partial charge in [-0.25, -0.2) is 9.37 Å². The number of hydrogen-bond donors (Lipinski definition) is 1. The van der Waals surface area contributed by atoms with Crippen molar-refractivity contribution in [1.82, 2.24) is 4.98 Å². The predicted molar refractivity (Wildman–Crippen MR) is 72.4 cm³/mol. The molecule has 0 aliphatic heterocycles. The Kier molecular flexibility index (Phi) is 4.22. The molecule has 5 heteroatoms. The molecule has 2 nitrogen and oxygen atoms in total. The predicted octanol–water partition coefficient (Wildman–Crippen LogP) is 4.05. The summed E-state index contributed by atoms with van der Waals surface area (Å²) in [5, 5.41) is 1.24. The molecule has 1 aromatic carbocycles. The largest absolute Gasteiger partial charge is 0.324 e. The van der Waals surface area contributed by atoms with Crippen LogP contribution in [0.15, 0.2) is 46.5 Å². The van der Waals surface area contributed by atoms with Crippen molar-refractivity contribution in [2.24, 2.45) is 5.73 Å². The summed E-state index contributed by atoms with van der Waals surface area (Å²) in [5.41, 5.74) is 6.61. The summed E-state index contributed by atoms with van der Waals surface area (Å²) >= 11 is 7.01. The summed E-state index contributed by atoms with van der Waals surface area (Å²) in [5.74, 6) is -0.286. The third kappa shape index (κ3) is 3.02. The molecule has 0 saturated heterocycles. The Labute approximate surface area is 114 Å². The lowest BCUT2D eigenvalue weighted by molar-refractivity contribution is 0.591. The monoisotopic (exact) mass is 282 g/mol. The van der Waals surface area contributed by atoms with E-state index in [0.717, 1.165) is 5.56 Å². The molecule has 2 rings (SSSR count). The highest BCUT2D eigenvalue weighted by atomic mass is 35.5. The minimum Gasteiger partial charge on any atom is -0.324 e. The second kappa shape index (κ2) is 5.69. The lowest BCUT2D eigenvalue weighted by Crippen LogP contribution is -2.07. The van der Waals surface area contributed by atoms with Crippen LogP contribution in [0.3, 0.4) is 0 Å². The maximum Gasteiger partial charge on any atom is 0.137 e. The van der Waals surface area contributed by atoms with Crippen molar-refractivity contribution in [3.63, 3.8) is 0 Å². The van der Waals surface area contributed by atoms with Crippen LogP contribution in [0.5, 0.6) is 0 Å². The zero-order valence-electron chi connectivity index (χ0n) is 9.73. The third-order valence-corrected chi connectivity index (χ3v) is 3.70. The highest BCUT2D eigenvalue weighted by Gasteiger charge is 2.13. The van der Waals surface area contributed by atoms with Crippen LogP contribution in [0.4, 0.5) is 4.39 Å². The van der Waals surface area contributed by atoms with Gasteiger partial charge in [-0.2, -0.15) is 0 Å². The molecule has 18 heavy (non-hydrogen) atoms. The number of pyridine rings is 1. The second-order valence-electron chi connectivity index (χ2n) is 3.86. The van der Waals surface area contributed by atoms with E-state index in [9.17, 15) is 4.39 Å². The van der Waals surface area contributed by atoms with Gasteiger partial charge in [-0.1, -0.05) is 35.5 Å². The van der Waals surface area contributed by atoms with Crippen LogP contribution in [0.25, 0.3) is 0 Å². The fraction of sp³-hybridized carbons (Fsp3) is 0.154. The van der Waals surface area contributed by atoms with Gasteiger partial charge in [-0.05, 0) is 30.7 Å². The first-order chi connectivity index (χ1) is 8.58. The maximum atomic E-state index is 13.8. The molecule has 0 aliphatic rings. The van der Waals surface area contributed by atoms with E-state index >= 15 is 0 Å². The summed E-state index contributed by atoms with van der Waals surface area (Å²) in [4.78, 5) is 4.65. The first kappa shape index (κ1) is 13.3. The second-order valence-corrected chi connectivity index (χ2v) is 5.33. The van der Waals surface area contributed by atoms with Gasteiger partial charge in [0.2, 0.25) is 0 Å². The van der Waals surface area contributed by atoms with Crippen LogP contribution in [0, 0.1) is 5.82 Å². The summed E-state index contributed by atoms with van der Waals surface area (Å²) < 4.78 is 13.8. The highest BCUT2D eigenvalue weighted by Crippen LogP contribution is 2.34. The molecular formula is C13H12ClFN2S. The maximum absolute atomic E-state index is 13.8. The Bertz CT molecular complexity index is 543. The Hall–Kier alpha value is -1.10. The fourth-order valence-electron chi connectivity index (χ4n) is 1.52. The highest BCUT2D eigenvalue weighted by molar-refractivity contribution is 7.99. The SMILES string of the molecule is C[C@H](N)c1cccc(F)c1Sc1ccc(Cl)cn1. The van der Waals surface area contributed by atoms with E-state index in [1.54, 1.807) is 18.2 Å². The molecule has 0 fully saturated rings. The molecule has 0 saturated carbocycles. The number of nitrogens with zero attached hydrogens (tertiary/aromatic N) is 1. The quantitative estimate of drug-likeness (QED) is 0.923. The first-order valence-electron chi connectivity index (χ1n) is 5.41. The van der Waals surface area contributed by atoms with E-state index in [4.69, 9.17) is 17.3 Å².